The minimum atomic E-state index is -0.552. The van der Waals surface area contributed by atoms with Crippen LogP contribution in [0.5, 0.6) is 5.75 Å². The van der Waals surface area contributed by atoms with Crippen LogP contribution in [0.3, 0.4) is 0 Å². The van der Waals surface area contributed by atoms with Gasteiger partial charge in [0.1, 0.15) is 5.75 Å². The molecule has 1 saturated heterocycles. The predicted molar refractivity (Wildman–Crippen MR) is 101 cm³/mol. The molecule has 146 valence electrons. The van der Waals surface area contributed by atoms with E-state index >= 15 is 0 Å². The summed E-state index contributed by atoms with van der Waals surface area (Å²) >= 11 is 0. The zero-order valence-electron chi connectivity index (χ0n) is 15.9. The summed E-state index contributed by atoms with van der Waals surface area (Å²) in [7, 11) is 1.60. The second kappa shape index (κ2) is 8.90. The van der Waals surface area contributed by atoms with Crippen molar-refractivity contribution in [1.29, 1.82) is 0 Å². The number of methoxy groups -OCH3 is 1. The average Bonchev–Trinajstić information content (AvgIpc) is 2.68. The highest BCUT2D eigenvalue weighted by Crippen LogP contribution is 2.29. The van der Waals surface area contributed by atoms with Gasteiger partial charge in [0.15, 0.2) is 0 Å². The van der Waals surface area contributed by atoms with Gasteiger partial charge in [0.05, 0.1) is 25.3 Å². The molecule has 1 aromatic rings. The Hall–Kier alpha value is -2.54. The molecule has 7 nitrogen and oxygen atoms in total. The number of rotatable bonds is 6. The van der Waals surface area contributed by atoms with Gasteiger partial charge in [0.25, 0.3) is 0 Å². The standard InChI is InChI=1S/C20H27N3O4/c1-3-27-19(24)17-16(13-23-11-5-4-6-12-23)21-20(25)22-18(17)14-7-9-15(26-2)10-8-14/h7-10,18H,3-6,11-13H2,1-2H3,(H2,21,22,25)/t18-/m0/s1. The van der Waals surface area contributed by atoms with E-state index in [2.05, 4.69) is 15.5 Å². The number of nitrogens with zero attached hydrogens (tertiary/aromatic N) is 1. The molecule has 2 heterocycles. The number of amides is 2. The topological polar surface area (TPSA) is 79.9 Å². The molecule has 0 spiro atoms. The molecule has 2 N–H and O–H groups in total. The van der Waals surface area contributed by atoms with Crippen molar-refractivity contribution in [3.63, 3.8) is 0 Å². The third-order valence-electron chi connectivity index (χ3n) is 4.93. The number of ether oxygens (including phenoxy) is 2. The van der Waals surface area contributed by atoms with E-state index in [-0.39, 0.29) is 12.6 Å². The quantitative estimate of drug-likeness (QED) is 0.749. The van der Waals surface area contributed by atoms with E-state index in [1.165, 1.54) is 6.42 Å². The van der Waals surface area contributed by atoms with Crippen LogP contribution in [0.4, 0.5) is 4.79 Å². The summed E-state index contributed by atoms with van der Waals surface area (Å²) in [4.78, 5) is 27.3. The van der Waals surface area contributed by atoms with Gasteiger partial charge >= 0.3 is 12.0 Å². The van der Waals surface area contributed by atoms with Crippen molar-refractivity contribution in [3.05, 3.63) is 41.1 Å². The largest absolute Gasteiger partial charge is 0.497 e. The Labute approximate surface area is 159 Å². The minimum absolute atomic E-state index is 0.280. The Morgan fingerprint density at radius 3 is 2.52 bits per heavy atom. The number of carbonyl (C=O) groups excluding carboxylic acids is 2. The van der Waals surface area contributed by atoms with Crippen LogP contribution >= 0.6 is 0 Å². The molecule has 0 aliphatic carbocycles. The van der Waals surface area contributed by atoms with Crippen LogP contribution in [0.15, 0.2) is 35.5 Å². The first-order chi connectivity index (χ1) is 13.1. The highest BCUT2D eigenvalue weighted by atomic mass is 16.5. The third-order valence-corrected chi connectivity index (χ3v) is 4.93. The van der Waals surface area contributed by atoms with Crippen molar-refractivity contribution in [3.8, 4) is 5.75 Å². The molecule has 1 fully saturated rings. The second-order valence-corrected chi connectivity index (χ2v) is 6.75. The zero-order chi connectivity index (χ0) is 19.2. The summed E-state index contributed by atoms with van der Waals surface area (Å²) in [6.45, 7) is 4.53. The predicted octanol–water partition coefficient (Wildman–Crippen LogP) is 2.35. The van der Waals surface area contributed by atoms with Crippen molar-refractivity contribution in [2.75, 3.05) is 33.4 Å². The summed E-state index contributed by atoms with van der Waals surface area (Å²) < 4.78 is 10.5. The Morgan fingerprint density at radius 2 is 1.89 bits per heavy atom. The maximum Gasteiger partial charge on any atom is 0.338 e. The van der Waals surface area contributed by atoms with Crippen LogP contribution in [0.1, 0.15) is 37.8 Å². The van der Waals surface area contributed by atoms with E-state index in [1.54, 1.807) is 14.0 Å². The van der Waals surface area contributed by atoms with Crippen molar-refractivity contribution in [2.24, 2.45) is 0 Å². The van der Waals surface area contributed by atoms with Gasteiger partial charge < -0.3 is 20.1 Å². The average molecular weight is 373 g/mol. The summed E-state index contributed by atoms with van der Waals surface area (Å²) in [5.41, 5.74) is 1.90. The second-order valence-electron chi connectivity index (χ2n) is 6.75. The molecular weight excluding hydrogens is 346 g/mol. The molecule has 2 aliphatic heterocycles. The highest BCUT2D eigenvalue weighted by molar-refractivity contribution is 5.95. The van der Waals surface area contributed by atoms with Gasteiger partial charge in [-0.2, -0.15) is 0 Å². The lowest BCUT2D eigenvalue weighted by Crippen LogP contribution is -2.49. The maximum atomic E-state index is 12.7. The first kappa shape index (κ1) is 19.2. The number of hydrogen-bond donors (Lipinski definition) is 2. The Balaban J connectivity index is 1.95. The van der Waals surface area contributed by atoms with Gasteiger partial charge in [0.2, 0.25) is 0 Å². The normalized spacial score (nSPS) is 20.7. The van der Waals surface area contributed by atoms with E-state index in [9.17, 15) is 9.59 Å². The number of carbonyl (C=O) groups is 2. The van der Waals surface area contributed by atoms with Crippen LogP contribution in [-0.2, 0) is 9.53 Å². The highest BCUT2D eigenvalue weighted by Gasteiger charge is 2.34. The lowest BCUT2D eigenvalue weighted by Gasteiger charge is -2.33. The van der Waals surface area contributed by atoms with Crippen LogP contribution in [0, 0.1) is 0 Å². The molecule has 7 heteroatoms. The van der Waals surface area contributed by atoms with Crippen LogP contribution in [0.2, 0.25) is 0 Å². The SMILES string of the molecule is CCOC(=O)C1=C(CN2CCCCC2)NC(=O)N[C@H]1c1ccc(OC)cc1. The summed E-state index contributed by atoms with van der Waals surface area (Å²) in [6.07, 6.45) is 3.49. The molecule has 0 aromatic heterocycles. The van der Waals surface area contributed by atoms with Crippen LogP contribution in [0.25, 0.3) is 0 Å². The number of nitrogens with one attached hydrogen (secondary N) is 2. The molecule has 2 aliphatic rings. The molecule has 0 saturated carbocycles. The maximum absolute atomic E-state index is 12.7. The summed E-state index contributed by atoms with van der Waals surface area (Å²) in [5.74, 6) is 0.312. The van der Waals surface area contributed by atoms with Gasteiger partial charge in [-0.05, 0) is 50.6 Å². The Bertz CT molecular complexity index is 708. The Kier molecular flexibility index (Phi) is 6.34. The van der Waals surface area contributed by atoms with Gasteiger partial charge in [-0.25, -0.2) is 9.59 Å². The first-order valence-electron chi connectivity index (χ1n) is 9.46. The minimum Gasteiger partial charge on any atom is -0.497 e. The van der Waals surface area contributed by atoms with Gasteiger partial charge in [-0.3, -0.25) is 4.90 Å². The molecule has 3 rings (SSSR count). The lowest BCUT2D eigenvalue weighted by atomic mass is 9.94. The number of likely N-dealkylation sites (tertiary alicyclic amines) is 1. The Morgan fingerprint density at radius 1 is 1.19 bits per heavy atom. The molecule has 27 heavy (non-hydrogen) atoms. The van der Waals surface area contributed by atoms with E-state index in [0.717, 1.165) is 31.5 Å². The van der Waals surface area contributed by atoms with Crippen molar-refractivity contribution in [1.82, 2.24) is 15.5 Å². The summed E-state index contributed by atoms with van der Waals surface area (Å²) in [5, 5.41) is 5.70. The van der Waals surface area contributed by atoms with Crippen LogP contribution < -0.4 is 15.4 Å². The number of hydrogen-bond acceptors (Lipinski definition) is 5. The number of piperidine rings is 1. The smallest absolute Gasteiger partial charge is 0.338 e. The fraction of sp³-hybridized carbons (Fsp3) is 0.500. The molecule has 1 aromatic carbocycles. The van der Waals surface area contributed by atoms with Crippen molar-refractivity contribution >= 4 is 12.0 Å². The molecule has 1 atom stereocenters. The lowest BCUT2D eigenvalue weighted by molar-refractivity contribution is -0.139. The summed E-state index contributed by atoms with van der Waals surface area (Å²) in [6, 6.07) is 6.48. The monoisotopic (exact) mass is 373 g/mol. The van der Waals surface area contributed by atoms with E-state index in [0.29, 0.717) is 23.6 Å². The van der Waals surface area contributed by atoms with Crippen LogP contribution in [-0.4, -0.2) is 50.3 Å². The number of urea groups is 1. The molecular formula is C20H27N3O4. The van der Waals surface area contributed by atoms with E-state index in [1.807, 2.05) is 24.3 Å². The van der Waals surface area contributed by atoms with Crippen molar-refractivity contribution < 1.29 is 19.1 Å². The molecule has 0 unspecified atom stereocenters. The first-order valence-corrected chi connectivity index (χ1v) is 9.46. The van der Waals surface area contributed by atoms with Gasteiger partial charge in [0, 0.05) is 12.2 Å². The van der Waals surface area contributed by atoms with Crippen molar-refractivity contribution in [2.45, 2.75) is 32.2 Å². The third kappa shape index (κ3) is 4.60. The fourth-order valence-corrected chi connectivity index (χ4v) is 3.58. The van der Waals surface area contributed by atoms with E-state index in [4.69, 9.17) is 9.47 Å². The number of benzene rings is 1. The molecule has 0 radical (unpaired) electrons. The molecule has 0 bridgehead atoms. The zero-order valence-corrected chi connectivity index (χ0v) is 15.9. The van der Waals surface area contributed by atoms with E-state index < -0.39 is 12.0 Å². The van der Waals surface area contributed by atoms with Gasteiger partial charge in [-0.1, -0.05) is 18.6 Å². The number of esters is 1. The fourth-order valence-electron chi connectivity index (χ4n) is 3.58. The van der Waals surface area contributed by atoms with Gasteiger partial charge in [-0.15, -0.1) is 0 Å². The molecule has 2 amide bonds.